The Morgan fingerprint density at radius 2 is 1.60 bits per heavy atom. The highest BCUT2D eigenvalue weighted by Gasteiger charge is 2.14. The maximum Gasteiger partial charge on any atom is 0.325 e. The number of carbonyl (C=O) groups is 2. The van der Waals surface area contributed by atoms with E-state index in [0.717, 1.165) is 26.4 Å². The fraction of sp³-hybridized carbons (Fsp3) is 0.0769. The molecule has 0 aliphatic heterocycles. The van der Waals surface area contributed by atoms with E-state index in [1.54, 1.807) is 22.8 Å². The van der Waals surface area contributed by atoms with E-state index in [2.05, 4.69) is 40.0 Å². The first-order valence-electron chi connectivity index (χ1n) is 10.8. The van der Waals surface area contributed by atoms with Gasteiger partial charge in [0.25, 0.3) is 5.91 Å². The van der Waals surface area contributed by atoms with Crippen LogP contribution in [-0.4, -0.2) is 21.9 Å². The standard InChI is InChI=1S/C26H21N5O2S2/c1-15-4-3-5-19(12-15)28-25(33)31-26-30-21(14-34-26)23(32)27-18-9-7-17(8-10-18)24-29-20-11-6-16(2)13-22(20)35-24/h3-14H,1-2H3,(H,27,32)(H2,28,30,31,33). The zero-order valence-electron chi connectivity index (χ0n) is 19.0. The van der Waals surface area contributed by atoms with Crippen molar-refractivity contribution in [3.8, 4) is 10.6 Å². The van der Waals surface area contributed by atoms with Crippen LogP contribution in [0.5, 0.6) is 0 Å². The van der Waals surface area contributed by atoms with E-state index in [1.165, 1.54) is 16.9 Å². The number of amides is 3. The minimum atomic E-state index is -0.419. The third-order valence-corrected chi connectivity index (χ3v) is 6.99. The molecule has 3 N–H and O–H groups in total. The zero-order chi connectivity index (χ0) is 24.4. The van der Waals surface area contributed by atoms with Crippen molar-refractivity contribution in [2.24, 2.45) is 0 Å². The molecule has 174 valence electrons. The Kier molecular flexibility index (Phi) is 6.26. The number of urea groups is 1. The van der Waals surface area contributed by atoms with Crippen molar-refractivity contribution in [3.63, 3.8) is 0 Å². The Morgan fingerprint density at radius 3 is 2.40 bits per heavy atom. The predicted octanol–water partition coefficient (Wildman–Crippen LogP) is 6.93. The van der Waals surface area contributed by atoms with Crippen molar-refractivity contribution < 1.29 is 9.59 Å². The minimum Gasteiger partial charge on any atom is -0.321 e. The fourth-order valence-corrected chi connectivity index (χ4v) is 5.22. The van der Waals surface area contributed by atoms with Crippen LogP contribution in [-0.2, 0) is 0 Å². The van der Waals surface area contributed by atoms with Gasteiger partial charge in [-0.1, -0.05) is 18.2 Å². The molecule has 9 heteroatoms. The van der Waals surface area contributed by atoms with E-state index >= 15 is 0 Å². The Labute approximate surface area is 209 Å². The van der Waals surface area contributed by atoms with Gasteiger partial charge in [-0.05, 0) is 73.5 Å². The Balaban J connectivity index is 1.21. The summed E-state index contributed by atoms with van der Waals surface area (Å²) in [6.07, 6.45) is 0. The van der Waals surface area contributed by atoms with Gasteiger partial charge in [0.15, 0.2) is 5.13 Å². The predicted molar refractivity (Wildman–Crippen MR) is 144 cm³/mol. The van der Waals surface area contributed by atoms with Gasteiger partial charge in [0.1, 0.15) is 10.7 Å². The monoisotopic (exact) mass is 499 g/mol. The smallest absolute Gasteiger partial charge is 0.321 e. The van der Waals surface area contributed by atoms with Crippen molar-refractivity contribution >= 4 is 61.3 Å². The molecular formula is C26H21N5O2S2. The SMILES string of the molecule is Cc1cccc(NC(=O)Nc2nc(C(=O)Nc3ccc(-c4nc5ccc(C)cc5s4)cc3)cs2)c1. The zero-order valence-corrected chi connectivity index (χ0v) is 20.6. The van der Waals surface area contributed by atoms with E-state index in [-0.39, 0.29) is 11.6 Å². The number of nitrogens with one attached hydrogen (secondary N) is 3. The summed E-state index contributed by atoms with van der Waals surface area (Å²) in [6, 6.07) is 20.8. The minimum absolute atomic E-state index is 0.228. The van der Waals surface area contributed by atoms with Crippen LogP contribution in [0.2, 0.25) is 0 Å². The van der Waals surface area contributed by atoms with Crippen LogP contribution in [0, 0.1) is 13.8 Å². The molecule has 0 unspecified atom stereocenters. The number of hydrogen-bond donors (Lipinski definition) is 3. The first-order valence-corrected chi connectivity index (χ1v) is 12.5. The summed E-state index contributed by atoms with van der Waals surface area (Å²) in [7, 11) is 0. The lowest BCUT2D eigenvalue weighted by Crippen LogP contribution is -2.19. The molecule has 5 aromatic rings. The first kappa shape index (κ1) is 22.7. The lowest BCUT2D eigenvalue weighted by atomic mass is 10.2. The van der Waals surface area contributed by atoms with Gasteiger partial charge in [0.05, 0.1) is 10.2 Å². The molecule has 0 saturated carbocycles. The second kappa shape index (κ2) is 9.65. The highest BCUT2D eigenvalue weighted by molar-refractivity contribution is 7.21. The average Bonchev–Trinajstić information content (AvgIpc) is 3.46. The van der Waals surface area contributed by atoms with E-state index in [4.69, 9.17) is 4.98 Å². The number of hydrogen-bond acceptors (Lipinski definition) is 6. The maximum atomic E-state index is 12.6. The van der Waals surface area contributed by atoms with Gasteiger partial charge < -0.3 is 10.6 Å². The third-order valence-electron chi connectivity index (χ3n) is 5.17. The molecule has 35 heavy (non-hydrogen) atoms. The molecule has 0 fully saturated rings. The molecule has 0 spiro atoms. The first-order chi connectivity index (χ1) is 16.9. The molecular weight excluding hydrogens is 478 g/mol. The molecule has 7 nitrogen and oxygen atoms in total. The molecule has 3 aromatic carbocycles. The number of nitrogens with zero attached hydrogens (tertiary/aromatic N) is 2. The normalized spacial score (nSPS) is 10.8. The molecule has 0 aliphatic rings. The number of rotatable bonds is 5. The Hall–Kier alpha value is -4.08. The number of fused-ring (bicyclic) bond motifs is 1. The van der Waals surface area contributed by atoms with Gasteiger partial charge in [-0.25, -0.2) is 14.8 Å². The number of anilines is 3. The second-order valence-corrected chi connectivity index (χ2v) is 9.90. The summed E-state index contributed by atoms with van der Waals surface area (Å²) in [4.78, 5) is 33.8. The number of aryl methyl sites for hydroxylation is 2. The molecule has 3 amide bonds. The largest absolute Gasteiger partial charge is 0.325 e. The van der Waals surface area contributed by atoms with E-state index in [9.17, 15) is 9.59 Å². The summed E-state index contributed by atoms with van der Waals surface area (Å²) in [6.45, 7) is 4.02. The fourth-order valence-electron chi connectivity index (χ4n) is 3.46. The van der Waals surface area contributed by atoms with Crippen LogP contribution in [0.4, 0.5) is 21.3 Å². The Bertz CT molecular complexity index is 1540. The van der Waals surface area contributed by atoms with E-state index in [0.29, 0.717) is 16.5 Å². The summed E-state index contributed by atoms with van der Waals surface area (Å²) in [5.41, 5.74) is 5.77. The number of carbonyl (C=O) groups excluding carboxylic acids is 2. The van der Waals surface area contributed by atoms with Crippen LogP contribution < -0.4 is 16.0 Å². The molecule has 0 saturated heterocycles. The number of benzene rings is 3. The van der Waals surface area contributed by atoms with Gasteiger partial charge in [-0.15, -0.1) is 22.7 Å². The van der Waals surface area contributed by atoms with Gasteiger partial charge in [0.2, 0.25) is 0 Å². The molecule has 5 rings (SSSR count). The summed E-state index contributed by atoms with van der Waals surface area (Å²) in [5, 5.41) is 11.1. The lowest BCUT2D eigenvalue weighted by molar-refractivity contribution is 0.102. The van der Waals surface area contributed by atoms with Crippen LogP contribution in [0.1, 0.15) is 21.6 Å². The molecule has 0 bridgehead atoms. The summed E-state index contributed by atoms with van der Waals surface area (Å²) in [5.74, 6) is -0.350. The van der Waals surface area contributed by atoms with Crippen LogP contribution in [0.3, 0.4) is 0 Å². The quantitative estimate of drug-likeness (QED) is 0.244. The summed E-state index contributed by atoms with van der Waals surface area (Å²) < 4.78 is 1.15. The third kappa shape index (κ3) is 5.37. The maximum absolute atomic E-state index is 12.6. The van der Waals surface area contributed by atoms with Crippen LogP contribution >= 0.6 is 22.7 Å². The molecule has 2 aromatic heterocycles. The van der Waals surface area contributed by atoms with Gasteiger partial charge in [-0.2, -0.15) is 0 Å². The van der Waals surface area contributed by atoms with Crippen LogP contribution in [0.25, 0.3) is 20.8 Å². The van der Waals surface area contributed by atoms with Gasteiger partial charge in [0, 0.05) is 22.3 Å². The molecule has 0 atom stereocenters. The Morgan fingerprint density at radius 1 is 0.800 bits per heavy atom. The second-order valence-electron chi connectivity index (χ2n) is 8.01. The highest BCUT2D eigenvalue weighted by atomic mass is 32.1. The van der Waals surface area contributed by atoms with Gasteiger partial charge >= 0.3 is 6.03 Å². The van der Waals surface area contributed by atoms with Crippen LogP contribution in [0.15, 0.2) is 72.1 Å². The highest BCUT2D eigenvalue weighted by Crippen LogP contribution is 2.31. The van der Waals surface area contributed by atoms with Crippen molar-refractivity contribution in [1.82, 2.24) is 9.97 Å². The lowest BCUT2D eigenvalue weighted by Gasteiger charge is -2.06. The van der Waals surface area contributed by atoms with Crippen molar-refractivity contribution in [1.29, 1.82) is 0 Å². The summed E-state index contributed by atoms with van der Waals surface area (Å²) >= 11 is 2.83. The molecule has 0 aliphatic carbocycles. The van der Waals surface area contributed by atoms with Crippen molar-refractivity contribution in [2.45, 2.75) is 13.8 Å². The number of aromatic nitrogens is 2. The van der Waals surface area contributed by atoms with E-state index in [1.807, 2.05) is 55.5 Å². The van der Waals surface area contributed by atoms with Crippen molar-refractivity contribution in [3.05, 3.63) is 88.9 Å². The van der Waals surface area contributed by atoms with Crippen molar-refractivity contribution in [2.75, 3.05) is 16.0 Å². The van der Waals surface area contributed by atoms with Gasteiger partial charge in [-0.3, -0.25) is 10.1 Å². The number of thiazole rings is 2. The average molecular weight is 500 g/mol. The molecule has 2 heterocycles. The topological polar surface area (TPSA) is 96.0 Å². The van der Waals surface area contributed by atoms with E-state index < -0.39 is 6.03 Å². The molecule has 0 radical (unpaired) electrons.